The van der Waals surface area contributed by atoms with Gasteiger partial charge in [-0.3, -0.25) is 0 Å². The van der Waals surface area contributed by atoms with Crippen molar-refractivity contribution < 1.29 is 13.2 Å². The number of benzene rings is 1. The van der Waals surface area contributed by atoms with Gasteiger partial charge in [-0.25, -0.2) is 0 Å². The highest BCUT2D eigenvalue weighted by Gasteiger charge is 2.30. The lowest BCUT2D eigenvalue weighted by Gasteiger charge is -2.27. The smallest absolute Gasteiger partial charge is 0.384 e. The largest absolute Gasteiger partial charge is 0.416 e. The summed E-state index contributed by atoms with van der Waals surface area (Å²) >= 11 is 3.21. The van der Waals surface area contributed by atoms with Crippen LogP contribution in [-0.2, 0) is 6.18 Å². The molecule has 2 rings (SSSR count). The van der Waals surface area contributed by atoms with Crippen LogP contribution in [0.5, 0.6) is 0 Å². The van der Waals surface area contributed by atoms with E-state index in [1.54, 1.807) is 0 Å². The number of rotatable bonds is 3. The molecule has 0 heterocycles. The molecular formula is C15H19BrF3N. The molecule has 1 aliphatic rings. The van der Waals surface area contributed by atoms with E-state index in [1.165, 1.54) is 31.7 Å². The monoisotopic (exact) mass is 349 g/mol. The van der Waals surface area contributed by atoms with Gasteiger partial charge in [-0.2, -0.15) is 13.2 Å². The average Bonchev–Trinajstić information content (AvgIpc) is 2.36. The Hall–Kier alpha value is -0.710. The zero-order valence-corrected chi connectivity index (χ0v) is 13.0. The molecule has 20 heavy (non-hydrogen) atoms. The molecule has 1 fully saturated rings. The molecule has 1 aromatic carbocycles. The van der Waals surface area contributed by atoms with Crippen molar-refractivity contribution in [2.45, 2.75) is 38.8 Å². The fraction of sp³-hybridized carbons (Fsp3) is 0.600. The van der Waals surface area contributed by atoms with Gasteiger partial charge in [0.25, 0.3) is 0 Å². The summed E-state index contributed by atoms with van der Waals surface area (Å²) in [6.45, 7) is 3.09. The predicted molar refractivity (Wildman–Crippen MR) is 78.8 cm³/mol. The predicted octanol–water partition coefficient (Wildman–Crippen LogP) is 5.71. The summed E-state index contributed by atoms with van der Waals surface area (Å²) in [4.78, 5) is 0. The van der Waals surface area contributed by atoms with Crippen LogP contribution >= 0.6 is 15.9 Å². The highest BCUT2D eigenvalue weighted by Crippen LogP contribution is 2.34. The Labute approximate surface area is 126 Å². The third-order valence-electron chi connectivity index (χ3n) is 3.92. The topological polar surface area (TPSA) is 12.0 Å². The molecular weight excluding hydrogens is 331 g/mol. The maximum atomic E-state index is 12.6. The number of alkyl halides is 3. The van der Waals surface area contributed by atoms with Crippen molar-refractivity contribution in [1.29, 1.82) is 0 Å². The van der Waals surface area contributed by atoms with Crippen LogP contribution in [0.4, 0.5) is 18.9 Å². The fourth-order valence-corrected chi connectivity index (χ4v) is 3.35. The maximum Gasteiger partial charge on any atom is 0.416 e. The summed E-state index contributed by atoms with van der Waals surface area (Å²) in [5, 5.41) is 3.27. The van der Waals surface area contributed by atoms with Crippen molar-refractivity contribution in [3.63, 3.8) is 0 Å². The number of halogens is 4. The molecule has 0 bridgehead atoms. The van der Waals surface area contributed by atoms with Gasteiger partial charge < -0.3 is 5.32 Å². The maximum absolute atomic E-state index is 12.6. The van der Waals surface area contributed by atoms with Gasteiger partial charge >= 0.3 is 6.18 Å². The van der Waals surface area contributed by atoms with E-state index in [4.69, 9.17) is 0 Å². The van der Waals surface area contributed by atoms with Gasteiger partial charge in [-0.1, -0.05) is 19.8 Å². The van der Waals surface area contributed by atoms with E-state index in [2.05, 4.69) is 28.2 Å². The van der Waals surface area contributed by atoms with Crippen LogP contribution in [-0.4, -0.2) is 6.54 Å². The Morgan fingerprint density at radius 1 is 1.30 bits per heavy atom. The second-order valence-corrected chi connectivity index (χ2v) is 6.57. The zero-order chi connectivity index (χ0) is 14.8. The molecule has 0 amide bonds. The first-order valence-corrected chi connectivity index (χ1v) is 7.76. The molecule has 1 N–H and O–H groups in total. The van der Waals surface area contributed by atoms with Crippen LogP contribution in [0.1, 0.15) is 38.2 Å². The van der Waals surface area contributed by atoms with Gasteiger partial charge in [0.05, 0.1) is 5.56 Å². The Bertz CT molecular complexity index is 459. The summed E-state index contributed by atoms with van der Waals surface area (Å²) < 4.78 is 38.2. The highest BCUT2D eigenvalue weighted by molar-refractivity contribution is 9.10. The van der Waals surface area contributed by atoms with Crippen LogP contribution < -0.4 is 5.32 Å². The molecule has 2 unspecified atom stereocenters. The lowest BCUT2D eigenvalue weighted by molar-refractivity contribution is -0.137. The van der Waals surface area contributed by atoms with E-state index < -0.39 is 11.7 Å². The lowest BCUT2D eigenvalue weighted by atomic mass is 9.82. The minimum Gasteiger partial charge on any atom is -0.384 e. The first-order valence-electron chi connectivity index (χ1n) is 6.97. The van der Waals surface area contributed by atoms with Gasteiger partial charge in [0.1, 0.15) is 0 Å². The van der Waals surface area contributed by atoms with Crippen LogP contribution in [0.15, 0.2) is 22.7 Å². The fourth-order valence-electron chi connectivity index (χ4n) is 2.83. The molecule has 112 valence electrons. The number of nitrogens with one attached hydrogen (secondary N) is 1. The Kier molecular flexibility index (Phi) is 4.99. The molecule has 1 nitrogen and oxygen atoms in total. The minimum absolute atomic E-state index is 0.469. The van der Waals surface area contributed by atoms with Crippen LogP contribution in [0, 0.1) is 11.8 Å². The van der Waals surface area contributed by atoms with Crippen molar-refractivity contribution in [1.82, 2.24) is 0 Å². The van der Waals surface area contributed by atoms with Crippen LogP contribution in [0.2, 0.25) is 0 Å². The summed E-state index contributed by atoms with van der Waals surface area (Å²) in [5.74, 6) is 1.37. The molecule has 0 aliphatic heterocycles. The molecule has 1 saturated carbocycles. The summed E-state index contributed by atoms with van der Waals surface area (Å²) in [6, 6.07) is 3.75. The summed E-state index contributed by atoms with van der Waals surface area (Å²) in [6.07, 6.45) is 0.656. The van der Waals surface area contributed by atoms with Gasteiger partial charge in [-0.15, -0.1) is 0 Å². The Balaban J connectivity index is 1.96. The molecule has 1 aliphatic carbocycles. The molecule has 0 spiro atoms. The van der Waals surface area contributed by atoms with Crippen molar-refractivity contribution in [3.05, 3.63) is 28.2 Å². The van der Waals surface area contributed by atoms with Gasteiger partial charge in [0.15, 0.2) is 0 Å². The first-order chi connectivity index (χ1) is 9.36. The number of anilines is 1. The highest BCUT2D eigenvalue weighted by atomic mass is 79.9. The van der Waals surface area contributed by atoms with Crippen LogP contribution in [0.3, 0.4) is 0 Å². The standard InChI is InChI=1S/C15H19BrF3N/c1-10-3-2-4-11(7-10)9-20-14-6-5-12(8-13(14)16)15(17,18)19/h5-6,8,10-11,20H,2-4,7,9H2,1H3. The van der Waals surface area contributed by atoms with E-state index in [0.717, 1.165) is 30.3 Å². The molecule has 0 aromatic heterocycles. The van der Waals surface area contributed by atoms with Crippen LogP contribution in [0.25, 0.3) is 0 Å². The zero-order valence-electron chi connectivity index (χ0n) is 11.4. The van der Waals surface area contributed by atoms with E-state index in [0.29, 0.717) is 10.4 Å². The van der Waals surface area contributed by atoms with E-state index in [-0.39, 0.29) is 0 Å². The molecule has 1 aromatic rings. The van der Waals surface area contributed by atoms with E-state index in [9.17, 15) is 13.2 Å². The second-order valence-electron chi connectivity index (χ2n) is 5.71. The third kappa shape index (κ3) is 4.14. The van der Waals surface area contributed by atoms with Crippen molar-refractivity contribution in [3.8, 4) is 0 Å². The lowest BCUT2D eigenvalue weighted by Crippen LogP contribution is -2.21. The molecule has 5 heteroatoms. The molecule has 0 saturated heterocycles. The minimum atomic E-state index is -4.29. The van der Waals surface area contributed by atoms with Gasteiger partial charge in [0.2, 0.25) is 0 Å². The number of hydrogen-bond donors (Lipinski definition) is 1. The second kappa shape index (κ2) is 6.37. The number of hydrogen-bond acceptors (Lipinski definition) is 1. The quantitative estimate of drug-likeness (QED) is 0.737. The Morgan fingerprint density at radius 3 is 2.65 bits per heavy atom. The van der Waals surface area contributed by atoms with Crippen molar-refractivity contribution >= 4 is 21.6 Å². The summed E-state index contributed by atoms with van der Waals surface area (Å²) in [7, 11) is 0. The van der Waals surface area contributed by atoms with E-state index in [1.807, 2.05) is 0 Å². The van der Waals surface area contributed by atoms with Gasteiger partial charge in [-0.05, 0) is 58.8 Å². The van der Waals surface area contributed by atoms with Crippen molar-refractivity contribution in [2.24, 2.45) is 11.8 Å². The average molecular weight is 350 g/mol. The molecule has 2 atom stereocenters. The third-order valence-corrected chi connectivity index (χ3v) is 4.58. The Morgan fingerprint density at radius 2 is 2.05 bits per heavy atom. The van der Waals surface area contributed by atoms with E-state index >= 15 is 0 Å². The molecule has 0 radical (unpaired) electrons. The van der Waals surface area contributed by atoms with Crippen molar-refractivity contribution in [2.75, 3.05) is 11.9 Å². The normalized spacial score (nSPS) is 23.6. The SMILES string of the molecule is CC1CCCC(CNc2ccc(C(F)(F)F)cc2Br)C1. The van der Waals surface area contributed by atoms with Gasteiger partial charge in [0, 0.05) is 16.7 Å². The first kappa shape index (κ1) is 15.7. The summed E-state index contributed by atoms with van der Waals surface area (Å²) in [5.41, 5.74) is 0.109.